The van der Waals surface area contributed by atoms with E-state index in [-0.39, 0.29) is 18.6 Å². The van der Waals surface area contributed by atoms with Gasteiger partial charge in [0.2, 0.25) is 0 Å². The molecule has 0 radical (unpaired) electrons. The molecule has 0 fully saturated rings. The van der Waals surface area contributed by atoms with E-state index in [1.807, 2.05) is 0 Å². The van der Waals surface area contributed by atoms with E-state index < -0.39 is 17.6 Å². The zero-order valence-corrected chi connectivity index (χ0v) is 9.30. The lowest BCUT2D eigenvalue weighted by molar-refractivity contribution is -0.108. The fourth-order valence-corrected chi connectivity index (χ4v) is 1.60. The Balaban J connectivity index is 3.14. The van der Waals surface area contributed by atoms with E-state index in [0.29, 0.717) is 11.8 Å². The zero-order valence-electron chi connectivity index (χ0n) is 9.30. The van der Waals surface area contributed by atoms with Gasteiger partial charge in [-0.15, -0.1) is 0 Å². The molecule has 0 heterocycles. The lowest BCUT2D eigenvalue weighted by Crippen LogP contribution is -2.06. The Bertz CT molecular complexity index is 378. The second-order valence-electron chi connectivity index (χ2n) is 3.67. The Labute approximate surface area is 93.2 Å². The summed E-state index contributed by atoms with van der Waals surface area (Å²) in [5.74, 6) is -1.70. The summed E-state index contributed by atoms with van der Waals surface area (Å²) in [6.07, 6.45) is 0.761. The van der Waals surface area contributed by atoms with Crippen molar-refractivity contribution in [3.05, 3.63) is 34.9 Å². The third kappa shape index (κ3) is 2.64. The molecule has 88 valence electrons. The van der Waals surface area contributed by atoms with Crippen LogP contribution in [-0.4, -0.2) is 13.4 Å². The van der Waals surface area contributed by atoms with Gasteiger partial charge in [0.05, 0.1) is 6.61 Å². The highest BCUT2D eigenvalue weighted by molar-refractivity contribution is 5.51. The number of carbonyl (C=O) groups excluding carboxylic acids is 1. The molecule has 4 heteroatoms. The number of hydrogen-bond donors (Lipinski definition) is 0. The van der Waals surface area contributed by atoms with E-state index in [0.717, 1.165) is 0 Å². The van der Waals surface area contributed by atoms with Gasteiger partial charge in [0.1, 0.15) is 17.9 Å². The molecule has 0 aliphatic heterocycles. The monoisotopic (exact) mass is 228 g/mol. The van der Waals surface area contributed by atoms with Crippen LogP contribution in [0.15, 0.2) is 12.1 Å². The first-order chi connectivity index (χ1) is 7.61. The van der Waals surface area contributed by atoms with Crippen LogP contribution >= 0.6 is 0 Å². The van der Waals surface area contributed by atoms with Crippen LogP contribution in [0.25, 0.3) is 0 Å². The van der Waals surface area contributed by atoms with Gasteiger partial charge in [-0.05, 0) is 12.0 Å². The van der Waals surface area contributed by atoms with Gasteiger partial charge in [-0.2, -0.15) is 0 Å². The Morgan fingerprint density at radius 1 is 1.44 bits per heavy atom. The van der Waals surface area contributed by atoms with Gasteiger partial charge in [0.25, 0.3) is 0 Å². The second-order valence-corrected chi connectivity index (χ2v) is 3.67. The summed E-state index contributed by atoms with van der Waals surface area (Å²) in [5, 5.41) is 0. The van der Waals surface area contributed by atoms with Crippen LogP contribution < -0.4 is 0 Å². The Morgan fingerprint density at radius 2 is 2.12 bits per heavy atom. The van der Waals surface area contributed by atoms with Crippen LogP contribution in [0.4, 0.5) is 8.78 Å². The molecule has 1 unspecified atom stereocenters. The summed E-state index contributed by atoms with van der Waals surface area (Å²) in [4.78, 5) is 10.4. The minimum Gasteiger partial charge on any atom is -0.380 e. The zero-order chi connectivity index (χ0) is 12.1. The van der Waals surface area contributed by atoms with Crippen molar-refractivity contribution in [2.75, 3.05) is 7.11 Å². The highest BCUT2D eigenvalue weighted by Crippen LogP contribution is 2.26. The van der Waals surface area contributed by atoms with Gasteiger partial charge in [-0.1, -0.05) is 13.0 Å². The number of halogens is 2. The van der Waals surface area contributed by atoms with Gasteiger partial charge < -0.3 is 9.53 Å². The van der Waals surface area contributed by atoms with Crippen LogP contribution in [0.3, 0.4) is 0 Å². The summed E-state index contributed by atoms with van der Waals surface area (Å²) in [5.41, 5.74) is 0.262. The summed E-state index contributed by atoms with van der Waals surface area (Å²) in [7, 11) is 1.44. The maximum Gasteiger partial charge on any atom is 0.135 e. The van der Waals surface area contributed by atoms with Crippen LogP contribution in [0, 0.1) is 11.6 Å². The number of rotatable bonds is 5. The van der Waals surface area contributed by atoms with Crippen LogP contribution in [0.2, 0.25) is 0 Å². The molecule has 1 aromatic rings. The van der Waals surface area contributed by atoms with Gasteiger partial charge in [0.15, 0.2) is 0 Å². The number of carbonyl (C=O) groups is 1. The topological polar surface area (TPSA) is 26.3 Å². The fourth-order valence-electron chi connectivity index (χ4n) is 1.60. The average Bonchev–Trinajstić information content (AvgIpc) is 2.23. The lowest BCUT2D eigenvalue weighted by atomic mass is 9.95. The molecule has 0 aliphatic rings. The molecule has 2 nitrogen and oxygen atoms in total. The van der Waals surface area contributed by atoms with Crippen molar-refractivity contribution >= 4 is 6.29 Å². The van der Waals surface area contributed by atoms with Gasteiger partial charge in [-0.3, -0.25) is 0 Å². The van der Waals surface area contributed by atoms with Crippen molar-refractivity contribution in [1.82, 2.24) is 0 Å². The maximum absolute atomic E-state index is 13.9. The molecule has 1 atom stereocenters. The Kier molecular flexibility index (Phi) is 4.55. The summed E-state index contributed by atoms with van der Waals surface area (Å²) < 4.78 is 32.1. The molecule has 0 bridgehead atoms. The lowest BCUT2D eigenvalue weighted by Gasteiger charge is -2.13. The predicted octanol–water partition coefficient (Wildman–Crippen LogP) is 2.80. The number of benzene rings is 1. The third-order valence-corrected chi connectivity index (χ3v) is 2.45. The van der Waals surface area contributed by atoms with Crippen molar-refractivity contribution in [1.29, 1.82) is 0 Å². The van der Waals surface area contributed by atoms with E-state index in [1.54, 1.807) is 6.92 Å². The highest BCUT2D eigenvalue weighted by Gasteiger charge is 2.18. The molecule has 1 aromatic carbocycles. The van der Waals surface area contributed by atoms with E-state index in [4.69, 9.17) is 4.74 Å². The van der Waals surface area contributed by atoms with Crippen LogP contribution in [-0.2, 0) is 16.1 Å². The first-order valence-corrected chi connectivity index (χ1v) is 5.01. The van der Waals surface area contributed by atoms with E-state index >= 15 is 0 Å². The molecule has 0 saturated heterocycles. The summed E-state index contributed by atoms with van der Waals surface area (Å²) >= 11 is 0. The molecule has 0 spiro atoms. The van der Waals surface area contributed by atoms with Crippen molar-refractivity contribution in [3.63, 3.8) is 0 Å². The normalized spacial score (nSPS) is 12.5. The maximum atomic E-state index is 13.9. The first kappa shape index (κ1) is 12.8. The Hall–Kier alpha value is -1.29. The van der Waals surface area contributed by atoms with Crippen LogP contribution in [0.1, 0.15) is 30.4 Å². The van der Waals surface area contributed by atoms with Gasteiger partial charge >= 0.3 is 0 Å². The van der Waals surface area contributed by atoms with Gasteiger partial charge in [-0.25, -0.2) is 8.78 Å². The van der Waals surface area contributed by atoms with Gasteiger partial charge in [0, 0.05) is 24.7 Å². The van der Waals surface area contributed by atoms with Crippen molar-refractivity contribution in [3.8, 4) is 0 Å². The Morgan fingerprint density at radius 3 is 2.69 bits per heavy atom. The quantitative estimate of drug-likeness (QED) is 0.724. The number of ether oxygens (including phenoxy) is 1. The van der Waals surface area contributed by atoms with Crippen molar-refractivity contribution in [2.45, 2.75) is 25.9 Å². The summed E-state index contributed by atoms with van der Waals surface area (Å²) in [6, 6.07) is 2.55. The van der Waals surface area contributed by atoms with Crippen molar-refractivity contribution in [2.24, 2.45) is 0 Å². The molecule has 0 amide bonds. The summed E-state index contributed by atoms with van der Waals surface area (Å²) in [6.45, 7) is 1.71. The van der Waals surface area contributed by atoms with Crippen molar-refractivity contribution < 1.29 is 18.3 Å². The third-order valence-electron chi connectivity index (χ3n) is 2.45. The minimum atomic E-state index is -0.619. The number of aldehydes is 1. The standard InChI is InChI=1S/C12H14F2O2/c1-8(5-6-15)11-10(13)4-3-9(7-16-2)12(11)14/h3-4,6,8H,5,7H2,1-2H3. The fraction of sp³-hybridized carbons (Fsp3) is 0.417. The average molecular weight is 228 g/mol. The largest absolute Gasteiger partial charge is 0.380 e. The molecule has 0 N–H and O–H groups in total. The van der Waals surface area contributed by atoms with E-state index in [1.165, 1.54) is 19.2 Å². The molecule has 1 rings (SSSR count). The SMILES string of the molecule is COCc1ccc(F)c(C(C)CC=O)c1F. The molecule has 0 aliphatic carbocycles. The molecule has 16 heavy (non-hydrogen) atoms. The molecule has 0 aromatic heterocycles. The predicted molar refractivity (Wildman–Crippen MR) is 56.2 cm³/mol. The molecule has 0 saturated carbocycles. The molecular weight excluding hydrogens is 214 g/mol. The van der Waals surface area contributed by atoms with E-state index in [9.17, 15) is 13.6 Å². The molecular formula is C12H14F2O2. The minimum absolute atomic E-state index is 0.0401. The smallest absolute Gasteiger partial charge is 0.135 e. The highest BCUT2D eigenvalue weighted by atomic mass is 19.1. The van der Waals surface area contributed by atoms with E-state index in [2.05, 4.69) is 0 Å². The second kappa shape index (κ2) is 5.70. The number of methoxy groups -OCH3 is 1. The number of hydrogen-bond acceptors (Lipinski definition) is 2. The first-order valence-electron chi connectivity index (χ1n) is 5.01. The van der Waals surface area contributed by atoms with Crippen LogP contribution in [0.5, 0.6) is 0 Å².